The average molecular weight is 393 g/mol. The Labute approximate surface area is 174 Å². The monoisotopic (exact) mass is 393 g/mol. The van der Waals surface area contributed by atoms with Gasteiger partial charge in [0.2, 0.25) is 0 Å². The zero-order chi connectivity index (χ0) is 20.8. The van der Waals surface area contributed by atoms with E-state index in [0.717, 1.165) is 22.9 Å². The largest absolute Gasteiger partial charge is 0.457 e. The van der Waals surface area contributed by atoms with E-state index in [4.69, 9.17) is 10.00 Å². The summed E-state index contributed by atoms with van der Waals surface area (Å²) in [6, 6.07) is 28.5. The summed E-state index contributed by atoms with van der Waals surface area (Å²) in [4.78, 5) is 8.88. The molecule has 1 heterocycles. The van der Waals surface area contributed by atoms with Crippen LogP contribution >= 0.6 is 0 Å². The number of anilines is 4. The van der Waals surface area contributed by atoms with Crippen LogP contribution in [0.25, 0.3) is 0 Å². The van der Waals surface area contributed by atoms with E-state index in [1.807, 2.05) is 79.7 Å². The maximum absolute atomic E-state index is 8.91. The topological polar surface area (TPSA) is 82.9 Å². The van der Waals surface area contributed by atoms with Crippen LogP contribution in [0.1, 0.15) is 11.4 Å². The number of rotatable bonds is 6. The number of benzene rings is 3. The highest BCUT2D eigenvalue weighted by Crippen LogP contribution is 2.25. The van der Waals surface area contributed by atoms with Gasteiger partial charge in [-0.05, 0) is 67.6 Å². The number of aryl methyl sites for hydroxylation is 1. The molecule has 0 atom stereocenters. The van der Waals surface area contributed by atoms with E-state index in [1.54, 1.807) is 12.1 Å². The number of aromatic nitrogens is 2. The van der Waals surface area contributed by atoms with E-state index in [-0.39, 0.29) is 0 Å². The number of nitrogens with zero attached hydrogens (tertiary/aromatic N) is 3. The predicted molar refractivity (Wildman–Crippen MR) is 117 cm³/mol. The van der Waals surface area contributed by atoms with Crippen LogP contribution in [-0.2, 0) is 0 Å². The fraction of sp³-hybridized carbons (Fsp3) is 0.0417. The van der Waals surface area contributed by atoms with Gasteiger partial charge >= 0.3 is 0 Å². The molecular weight excluding hydrogens is 374 g/mol. The molecule has 3 aromatic carbocycles. The SMILES string of the molecule is Cc1nc(Nc2ccc(C#N)cc2)cc(Nc2ccc(Oc3ccccc3)cc2)n1. The van der Waals surface area contributed by atoms with Gasteiger partial charge in [-0.15, -0.1) is 0 Å². The van der Waals surface area contributed by atoms with Gasteiger partial charge in [0.05, 0.1) is 11.6 Å². The van der Waals surface area contributed by atoms with Crippen molar-refractivity contribution in [1.82, 2.24) is 9.97 Å². The summed E-state index contributed by atoms with van der Waals surface area (Å²) in [5.74, 6) is 3.53. The predicted octanol–water partition coefficient (Wildman–Crippen LogP) is 5.94. The van der Waals surface area contributed by atoms with Crippen molar-refractivity contribution in [2.75, 3.05) is 10.6 Å². The summed E-state index contributed by atoms with van der Waals surface area (Å²) in [6.07, 6.45) is 0. The van der Waals surface area contributed by atoms with Crippen LogP contribution in [0.5, 0.6) is 11.5 Å². The van der Waals surface area contributed by atoms with Crippen molar-refractivity contribution in [3.8, 4) is 17.6 Å². The van der Waals surface area contributed by atoms with E-state index in [2.05, 4.69) is 26.7 Å². The van der Waals surface area contributed by atoms with Crippen molar-refractivity contribution in [2.45, 2.75) is 6.92 Å². The van der Waals surface area contributed by atoms with E-state index in [9.17, 15) is 0 Å². The third-order valence-corrected chi connectivity index (χ3v) is 4.23. The Bertz CT molecular complexity index is 1170. The van der Waals surface area contributed by atoms with Crippen LogP contribution in [0.3, 0.4) is 0 Å². The van der Waals surface area contributed by atoms with Gasteiger partial charge in [-0.2, -0.15) is 5.26 Å². The smallest absolute Gasteiger partial charge is 0.136 e. The Morgan fingerprint density at radius 1 is 0.733 bits per heavy atom. The van der Waals surface area contributed by atoms with Crippen LogP contribution in [0.2, 0.25) is 0 Å². The average Bonchev–Trinajstić information content (AvgIpc) is 2.76. The van der Waals surface area contributed by atoms with Crippen LogP contribution in [-0.4, -0.2) is 9.97 Å². The van der Waals surface area contributed by atoms with E-state index in [1.165, 1.54) is 0 Å². The summed E-state index contributed by atoms with van der Waals surface area (Å²) in [5.41, 5.74) is 2.35. The second kappa shape index (κ2) is 8.76. The summed E-state index contributed by atoms with van der Waals surface area (Å²) < 4.78 is 5.82. The Kier molecular flexibility index (Phi) is 5.54. The third-order valence-electron chi connectivity index (χ3n) is 4.23. The van der Waals surface area contributed by atoms with E-state index in [0.29, 0.717) is 23.0 Å². The van der Waals surface area contributed by atoms with Gasteiger partial charge in [-0.3, -0.25) is 0 Å². The zero-order valence-electron chi connectivity index (χ0n) is 16.3. The van der Waals surface area contributed by atoms with Crippen molar-refractivity contribution < 1.29 is 4.74 Å². The first-order valence-electron chi connectivity index (χ1n) is 9.41. The second-order valence-corrected chi connectivity index (χ2v) is 6.56. The number of nitriles is 1. The zero-order valence-corrected chi connectivity index (χ0v) is 16.3. The number of para-hydroxylation sites is 1. The first kappa shape index (κ1) is 19.0. The highest BCUT2D eigenvalue weighted by Gasteiger charge is 2.05. The molecule has 0 saturated heterocycles. The minimum absolute atomic E-state index is 0.612. The molecule has 0 bridgehead atoms. The summed E-state index contributed by atoms with van der Waals surface area (Å²) >= 11 is 0. The third kappa shape index (κ3) is 4.91. The standard InChI is InChI=1S/C24H19N5O/c1-17-26-23(28-19-9-7-18(16-25)8-10-19)15-24(27-17)29-20-11-13-22(14-12-20)30-21-5-3-2-4-6-21/h2-15H,1H3,(H2,26,27,28,29). The number of nitrogens with one attached hydrogen (secondary N) is 2. The van der Waals surface area contributed by atoms with E-state index >= 15 is 0 Å². The highest BCUT2D eigenvalue weighted by atomic mass is 16.5. The molecule has 6 nitrogen and oxygen atoms in total. The van der Waals surface area contributed by atoms with E-state index < -0.39 is 0 Å². The van der Waals surface area contributed by atoms with Crippen molar-refractivity contribution in [1.29, 1.82) is 5.26 Å². The quantitative estimate of drug-likeness (QED) is 0.422. The molecule has 0 aliphatic heterocycles. The molecule has 0 aliphatic rings. The lowest BCUT2D eigenvalue weighted by Crippen LogP contribution is -2.01. The summed E-state index contributed by atoms with van der Waals surface area (Å²) in [5, 5.41) is 15.4. The normalized spacial score (nSPS) is 10.1. The maximum Gasteiger partial charge on any atom is 0.136 e. The van der Waals surface area contributed by atoms with Gasteiger partial charge in [0.1, 0.15) is 29.0 Å². The molecule has 0 saturated carbocycles. The first-order valence-corrected chi connectivity index (χ1v) is 9.41. The van der Waals surface area contributed by atoms with Gasteiger partial charge in [0.15, 0.2) is 0 Å². The lowest BCUT2D eigenvalue weighted by atomic mass is 10.2. The van der Waals surface area contributed by atoms with Gasteiger partial charge < -0.3 is 15.4 Å². The molecule has 4 rings (SSSR count). The number of hydrogen-bond donors (Lipinski definition) is 2. The van der Waals surface area contributed by atoms with Crippen LogP contribution in [0.4, 0.5) is 23.0 Å². The molecule has 30 heavy (non-hydrogen) atoms. The molecule has 4 aromatic rings. The van der Waals surface area contributed by atoms with Crippen molar-refractivity contribution >= 4 is 23.0 Å². The lowest BCUT2D eigenvalue weighted by Gasteiger charge is -2.11. The Balaban J connectivity index is 1.45. The van der Waals surface area contributed by atoms with Crippen LogP contribution in [0, 0.1) is 18.3 Å². The molecular formula is C24H19N5O. The van der Waals surface area contributed by atoms with Crippen molar-refractivity contribution in [3.05, 3.63) is 96.3 Å². The molecule has 1 aromatic heterocycles. The fourth-order valence-electron chi connectivity index (χ4n) is 2.85. The Morgan fingerprint density at radius 2 is 1.27 bits per heavy atom. The minimum Gasteiger partial charge on any atom is -0.457 e. The molecule has 0 unspecified atom stereocenters. The second-order valence-electron chi connectivity index (χ2n) is 6.56. The number of ether oxygens (including phenoxy) is 1. The molecule has 0 amide bonds. The van der Waals surface area contributed by atoms with Crippen molar-refractivity contribution in [3.63, 3.8) is 0 Å². The number of hydrogen-bond acceptors (Lipinski definition) is 6. The Hall–Kier alpha value is -4.37. The molecule has 0 radical (unpaired) electrons. The molecule has 0 spiro atoms. The molecule has 0 fully saturated rings. The Morgan fingerprint density at radius 3 is 1.83 bits per heavy atom. The van der Waals surface area contributed by atoms with Crippen LogP contribution in [0.15, 0.2) is 84.9 Å². The lowest BCUT2D eigenvalue weighted by molar-refractivity contribution is 0.483. The van der Waals surface area contributed by atoms with Crippen molar-refractivity contribution in [2.24, 2.45) is 0 Å². The molecule has 2 N–H and O–H groups in total. The first-order chi connectivity index (χ1) is 14.7. The minimum atomic E-state index is 0.612. The summed E-state index contributed by atoms with van der Waals surface area (Å²) in [6.45, 7) is 1.84. The molecule has 6 heteroatoms. The van der Waals surface area contributed by atoms with Gasteiger partial charge in [0.25, 0.3) is 0 Å². The maximum atomic E-state index is 8.91. The molecule has 0 aliphatic carbocycles. The van der Waals surface area contributed by atoms with Crippen LogP contribution < -0.4 is 15.4 Å². The summed E-state index contributed by atoms with van der Waals surface area (Å²) in [7, 11) is 0. The van der Waals surface area contributed by atoms with Gasteiger partial charge in [-0.25, -0.2) is 9.97 Å². The van der Waals surface area contributed by atoms with Gasteiger partial charge in [0, 0.05) is 17.4 Å². The highest BCUT2D eigenvalue weighted by molar-refractivity contribution is 5.64. The molecule has 146 valence electrons. The fourth-order valence-corrected chi connectivity index (χ4v) is 2.85. The van der Waals surface area contributed by atoms with Gasteiger partial charge in [-0.1, -0.05) is 18.2 Å².